The van der Waals surface area contributed by atoms with E-state index in [9.17, 15) is 4.79 Å². The van der Waals surface area contributed by atoms with Crippen molar-refractivity contribution in [1.29, 1.82) is 0 Å². The van der Waals surface area contributed by atoms with Gasteiger partial charge in [0.05, 0.1) is 11.7 Å². The van der Waals surface area contributed by atoms with E-state index in [1.165, 1.54) is 18.7 Å². The molecule has 0 aliphatic carbocycles. The summed E-state index contributed by atoms with van der Waals surface area (Å²) in [6, 6.07) is 3.09. The molecule has 1 aromatic rings. The lowest BCUT2D eigenvalue weighted by Gasteiger charge is -2.28. The van der Waals surface area contributed by atoms with Crippen molar-refractivity contribution >= 4 is 11.8 Å². The molecule has 1 saturated heterocycles. The molecule has 1 atom stereocenters. The maximum atomic E-state index is 10.9. The lowest BCUT2D eigenvalue weighted by atomic mass is 10.1. The number of hydrogen-bond donors (Lipinski definition) is 1. The monoisotopic (exact) mass is 250 g/mol. The number of carboxylic acids is 1. The highest BCUT2D eigenvalue weighted by Gasteiger charge is 2.17. The summed E-state index contributed by atoms with van der Waals surface area (Å²) in [6.07, 6.45) is 5.13. The van der Waals surface area contributed by atoms with Crippen LogP contribution in [0.15, 0.2) is 18.3 Å². The first-order chi connectivity index (χ1) is 8.66. The van der Waals surface area contributed by atoms with Gasteiger partial charge in [-0.05, 0) is 31.4 Å². The van der Waals surface area contributed by atoms with Gasteiger partial charge in [0.2, 0.25) is 0 Å². The number of pyridine rings is 1. The maximum Gasteiger partial charge on any atom is 0.335 e. The molecule has 98 valence electrons. The van der Waals surface area contributed by atoms with Crippen LogP contribution in [0, 0.1) is 0 Å². The molecular formula is C13H18N2O3. The number of carbonyl (C=O) groups is 1. The molecule has 0 saturated carbocycles. The van der Waals surface area contributed by atoms with E-state index in [-0.39, 0.29) is 11.7 Å². The van der Waals surface area contributed by atoms with Gasteiger partial charge in [-0.25, -0.2) is 9.78 Å². The second-order valence-electron chi connectivity index (χ2n) is 4.58. The zero-order chi connectivity index (χ0) is 13.0. The van der Waals surface area contributed by atoms with Crippen molar-refractivity contribution < 1.29 is 14.6 Å². The first kappa shape index (κ1) is 12.8. The molecule has 5 heteroatoms. The van der Waals surface area contributed by atoms with Gasteiger partial charge in [-0.15, -0.1) is 0 Å². The van der Waals surface area contributed by atoms with Gasteiger partial charge in [-0.2, -0.15) is 0 Å². The number of carboxylic acid groups (broad SMARTS) is 1. The van der Waals surface area contributed by atoms with Gasteiger partial charge in [-0.1, -0.05) is 0 Å². The summed E-state index contributed by atoms with van der Waals surface area (Å²) in [5.74, 6) is -0.259. The Bertz CT molecular complexity index is 416. The minimum Gasteiger partial charge on any atom is -0.478 e. The van der Waals surface area contributed by atoms with E-state index in [1.54, 1.807) is 6.07 Å². The van der Waals surface area contributed by atoms with E-state index in [1.807, 2.05) is 11.9 Å². The SMILES string of the molecule is CN(CC1CCCCO1)c1cc(C(=O)O)ccn1. The summed E-state index contributed by atoms with van der Waals surface area (Å²) in [7, 11) is 1.91. The molecule has 2 rings (SSSR count). The summed E-state index contributed by atoms with van der Waals surface area (Å²) < 4.78 is 5.66. The summed E-state index contributed by atoms with van der Waals surface area (Å²) in [4.78, 5) is 17.0. The van der Waals surface area contributed by atoms with Gasteiger partial charge in [0.25, 0.3) is 0 Å². The fourth-order valence-electron chi connectivity index (χ4n) is 2.11. The number of ether oxygens (including phenoxy) is 1. The molecule has 2 heterocycles. The van der Waals surface area contributed by atoms with Crippen LogP contribution >= 0.6 is 0 Å². The van der Waals surface area contributed by atoms with Crippen molar-refractivity contribution in [1.82, 2.24) is 4.98 Å². The van der Waals surface area contributed by atoms with Gasteiger partial charge in [-0.3, -0.25) is 0 Å². The number of aromatic nitrogens is 1. The van der Waals surface area contributed by atoms with Crippen LogP contribution in [0.5, 0.6) is 0 Å². The molecule has 0 spiro atoms. The zero-order valence-corrected chi connectivity index (χ0v) is 10.5. The third-order valence-corrected chi connectivity index (χ3v) is 3.14. The van der Waals surface area contributed by atoms with Crippen LogP contribution in [0.3, 0.4) is 0 Å². The predicted molar refractivity (Wildman–Crippen MR) is 68.1 cm³/mol. The van der Waals surface area contributed by atoms with Crippen molar-refractivity contribution in [3.05, 3.63) is 23.9 Å². The number of aromatic carboxylic acids is 1. The topological polar surface area (TPSA) is 62.7 Å². The second kappa shape index (κ2) is 5.82. The molecule has 5 nitrogen and oxygen atoms in total. The Hall–Kier alpha value is -1.62. The number of hydrogen-bond acceptors (Lipinski definition) is 4. The number of rotatable bonds is 4. The van der Waals surface area contributed by atoms with E-state index in [0.717, 1.165) is 26.0 Å². The third-order valence-electron chi connectivity index (χ3n) is 3.14. The minimum absolute atomic E-state index is 0.221. The number of nitrogens with zero attached hydrogens (tertiary/aromatic N) is 2. The van der Waals surface area contributed by atoms with Crippen molar-refractivity contribution in [2.24, 2.45) is 0 Å². The molecule has 0 radical (unpaired) electrons. The van der Waals surface area contributed by atoms with Crippen LogP contribution in [0.1, 0.15) is 29.6 Å². The molecule has 0 aromatic carbocycles. The highest BCUT2D eigenvalue weighted by Crippen LogP contribution is 2.17. The Morgan fingerprint density at radius 2 is 2.44 bits per heavy atom. The second-order valence-corrected chi connectivity index (χ2v) is 4.58. The molecule has 1 fully saturated rings. The van der Waals surface area contributed by atoms with Gasteiger partial charge in [0.1, 0.15) is 5.82 Å². The zero-order valence-electron chi connectivity index (χ0n) is 10.5. The lowest BCUT2D eigenvalue weighted by molar-refractivity contribution is 0.0215. The van der Waals surface area contributed by atoms with Gasteiger partial charge >= 0.3 is 5.97 Å². The normalized spacial score (nSPS) is 19.5. The first-order valence-corrected chi connectivity index (χ1v) is 6.19. The standard InChI is InChI=1S/C13H18N2O3/c1-15(9-11-4-2-3-7-18-11)12-8-10(13(16)17)5-6-14-12/h5-6,8,11H,2-4,7,9H2,1H3,(H,16,17). The smallest absolute Gasteiger partial charge is 0.335 e. The molecular weight excluding hydrogens is 232 g/mol. The Morgan fingerprint density at radius 1 is 1.61 bits per heavy atom. The third kappa shape index (κ3) is 3.20. The summed E-state index contributed by atoms with van der Waals surface area (Å²) >= 11 is 0. The minimum atomic E-state index is -0.930. The maximum absolute atomic E-state index is 10.9. The van der Waals surface area contributed by atoms with Crippen molar-refractivity contribution in [3.8, 4) is 0 Å². The van der Waals surface area contributed by atoms with Crippen molar-refractivity contribution in [2.75, 3.05) is 25.1 Å². The molecule has 1 aromatic heterocycles. The Morgan fingerprint density at radius 3 is 3.11 bits per heavy atom. The largest absolute Gasteiger partial charge is 0.478 e. The molecule has 0 amide bonds. The molecule has 18 heavy (non-hydrogen) atoms. The Kier molecular flexibility index (Phi) is 4.15. The summed E-state index contributed by atoms with van der Waals surface area (Å²) in [6.45, 7) is 1.57. The fraction of sp³-hybridized carbons (Fsp3) is 0.538. The van der Waals surface area contributed by atoms with E-state index in [4.69, 9.17) is 9.84 Å². The van der Waals surface area contributed by atoms with E-state index in [0.29, 0.717) is 5.82 Å². The molecule has 1 aliphatic rings. The van der Waals surface area contributed by atoms with Gasteiger partial charge in [0.15, 0.2) is 0 Å². The van der Waals surface area contributed by atoms with E-state index in [2.05, 4.69) is 4.98 Å². The molecule has 1 unspecified atom stereocenters. The molecule has 0 bridgehead atoms. The van der Waals surface area contributed by atoms with Crippen molar-refractivity contribution in [2.45, 2.75) is 25.4 Å². The predicted octanol–water partition coefficient (Wildman–Crippen LogP) is 1.79. The van der Waals surface area contributed by atoms with Gasteiger partial charge in [0, 0.05) is 26.4 Å². The van der Waals surface area contributed by atoms with Crippen LogP contribution in [0.25, 0.3) is 0 Å². The highest BCUT2D eigenvalue weighted by atomic mass is 16.5. The van der Waals surface area contributed by atoms with E-state index < -0.39 is 5.97 Å². The molecule has 1 N–H and O–H groups in total. The summed E-state index contributed by atoms with van der Waals surface area (Å²) in [5, 5.41) is 8.94. The Labute approximate surface area is 106 Å². The van der Waals surface area contributed by atoms with Crippen molar-refractivity contribution in [3.63, 3.8) is 0 Å². The van der Waals surface area contributed by atoms with Crippen LogP contribution in [0.2, 0.25) is 0 Å². The number of likely N-dealkylation sites (N-methyl/N-ethyl adjacent to an activating group) is 1. The van der Waals surface area contributed by atoms with Crippen LogP contribution in [0.4, 0.5) is 5.82 Å². The fourth-order valence-corrected chi connectivity index (χ4v) is 2.11. The van der Waals surface area contributed by atoms with Crippen LogP contribution in [-0.4, -0.2) is 42.4 Å². The Balaban J connectivity index is 2.01. The van der Waals surface area contributed by atoms with E-state index >= 15 is 0 Å². The summed E-state index contributed by atoms with van der Waals surface area (Å²) in [5.41, 5.74) is 0.261. The lowest BCUT2D eigenvalue weighted by Crippen LogP contribution is -2.33. The molecule has 1 aliphatic heterocycles. The number of anilines is 1. The van der Waals surface area contributed by atoms with Crippen LogP contribution in [-0.2, 0) is 4.74 Å². The average Bonchev–Trinajstić information content (AvgIpc) is 2.40. The first-order valence-electron chi connectivity index (χ1n) is 6.19. The highest BCUT2D eigenvalue weighted by molar-refractivity contribution is 5.88. The average molecular weight is 250 g/mol. The quantitative estimate of drug-likeness (QED) is 0.882. The van der Waals surface area contributed by atoms with Gasteiger partial charge < -0.3 is 14.7 Å². The van der Waals surface area contributed by atoms with Crippen LogP contribution < -0.4 is 4.90 Å².